The molecule has 0 unspecified atom stereocenters. The molecule has 0 saturated heterocycles. The Morgan fingerprint density at radius 2 is 1.13 bits per heavy atom. The van der Waals surface area contributed by atoms with Crippen LogP contribution in [0.1, 0.15) is 20.7 Å². The Morgan fingerprint density at radius 3 is 1.48 bits per heavy atom. The summed E-state index contributed by atoms with van der Waals surface area (Å²) in [6.45, 7) is -0.588. The van der Waals surface area contributed by atoms with Crippen molar-refractivity contribution in [2.75, 3.05) is 6.79 Å². The van der Waals surface area contributed by atoms with Crippen molar-refractivity contribution < 1.29 is 19.1 Å². The van der Waals surface area contributed by atoms with Crippen molar-refractivity contribution in [1.82, 2.24) is 0 Å². The van der Waals surface area contributed by atoms with Gasteiger partial charge in [0.25, 0.3) is 0 Å². The molecule has 0 aromatic heterocycles. The molecule has 2 rings (SSSR count). The van der Waals surface area contributed by atoms with Gasteiger partial charge in [0.2, 0.25) is 6.79 Å². The molecule has 4 nitrogen and oxygen atoms in total. The fourth-order valence-electron chi connectivity index (χ4n) is 1.60. The van der Waals surface area contributed by atoms with Gasteiger partial charge in [-0.2, -0.15) is 0 Å². The van der Waals surface area contributed by atoms with Crippen molar-refractivity contribution in [3.8, 4) is 0 Å². The molecule has 0 aliphatic heterocycles. The minimum absolute atomic E-state index is 0.108. The smallest absolute Gasteiger partial charge is 0.342 e. The largest absolute Gasteiger partial charge is 0.424 e. The summed E-state index contributed by atoms with van der Waals surface area (Å²) < 4.78 is 9.65. The third-order valence-corrected chi connectivity index (χ3v) is 3.78. The number of carbonyl (C=O) groups excluding carboxylic acids is 2. The lowest BCUT2D eigenvalue weighted by molar-refractivity contribution is -0.0167. The number of hydrogen-bond donors (Lipinski definition) is 0. The highest BCUT2D eigenvalue weighted by atomic mass is 35.5. The highest BCUT2D eigenvalue weighted by molar-refractivity contribution is 6.37. The van der Waals surface area contributed by atoms with E-state index in [1.165, 1.54) is 36.4 Å². The van der Waals surface area contributed by atoms with Gasteiger partial charge in [0.05, 0.1) is 21.2 Å². The lowest BCUT2D eigenvalue weighted by Crippen LogP contribution is -2.13. The number of esters is 2. The van der Waals surface area contributed by atoms with Crippen molar-refractivity contribution in [1.29, 1.82) is 0 Å². The zero-order valence-electron chi connectivity index (χ0n) is 11.3. The molecule has 2 aromatic carbocycles. The second kappa shape index (κ2) is 7.88. The zero-order valence-corrected chi connectivity index (χ0v) is 14.3. The third-order valence-electron chi connectivity index (χ3n) is 2.68. The molecule has 0 heterocycles. The molecular formula is C15H8Cl4O4. The number of rotatable bonds is 4. The maximum atomic E-state index is 11.8. The quantitative estimate of drug-likeness (QED) is 0.524. The molecule has 23 heavy (non-hydrogen) atoms. The molecule has 0 aliphatic rings. The fourth-order valence-corrected chi connectivity index (χ4v) is 2.57. The molecule has 0 N–H and O–H groups in total. The van der Waals surface area contributed by atoms with Gasteiger partial charge in [-0.05, 0) is 36.4 Å². The van der Waals surface area contributed by atoms with E-state index in [-0.39, 0.29) is 21.2 Å². The van der Waals surface area contributed by atoms with E-state index in [2.05, 4.69) is 0 Å². The van der Waals surface area contributed by atoms with Crippen LogP contribution in [0.4, 0.5) is 0 Å². The van der Waals surface area contributed by atoms with Gasteiger partial charge in [0.1, 0.15) is 0 Å². The average molecular weight is 394 g/mol. The first-order chi connectivity index (χ1) is 10.9. The van der Waals surface area contributed by atoms with Crippen LogP contribution >= 0.6 is 46.4 Å². The van der Waals surface area contributed by atoms with E-state index in [0.29, 0.717) is 10.0 Å². The Labute approximate surface area is 151 Å². The normalized spacial score (nSPS) is 10.3. The van der Waals surface area contributed by atoms with Gasteiger partial charge in [0, 0.05) is 10.0 Å². The number of halogens is 4. The third kappa shape index (κ3) is 4.75. The first-order valence-corrected chi connectivity index (χ1v) is 7.64. The second-order valence-electron chi connectivity index (χ2n) is 4.23. The Bertz CT molecular complexity index is 698. The molecule has 0 amide bonds. The van der Waals surface area contributed by atoms with E-state index in [1.807, 2.05) is 0 Å². The standard InChI is InChI=1S/C15H8Cl4O4/c16-8-1-3-10(12(18)5-8)14(20)22-7-23-15(21)11-4-2-9(17)6-13(11)19/h1-6H,7H2. The van der Waals surface area contributed by atoms with Crippen LogP contribution in [-0.2, 0) is 9.47 Å². The summed E-state index contributed by atoms with van der Waals surface area (Å²) in [4.78, 5) is 23.6. The summed E-state index contributed by atoms with van der Waals surface area (Å²) in [5, 5.41) is 1.04. The van der Waals surface area contributed by atoms with Crippen LogP contribution in [0.2, 0.25) is 20.1 Å². The minimum atomic E-state index is -0.748. The maximum Gasteiger partial charge on any atom is 0.342 e. The van der Waals surface area contributed by atoms with E-state index in [9.17, 15) is 9.59 Å². The molecule has 0 bridgehead atoms. The van der Waals surface area contributed by atoms with Crippen LogP contribution in [0.5, 0.6) is 0 Å². The predicted octanol–water partition coefficient (Wildman–Crippen LogP) is 5.27. The average Bonchev–Trinajstić information content (AvgIpc) is 2.46. The molecule has 2 aromatic rings. The van der Waals surface area contributed by atoms with Crippen LogP contribution in [-0.4, -0.2) is 18.7 Å². The molecule has 120 valence electrons. The number of ether oxygens (including phenoxy) is 2. The molecule has 0 radical (unpaired) electrons. The molecule has 0 atom stereocenters. The van der Waals surface area contributed by atoms with Gasteiger partial charge in [0.15, 0.2) is 0 Å². The second-order valence-corrected chi connectivity index (χ2v) is 5.92. The highest BCUT2D eigenvalue weighted by Crippen LogP contribution is 2.23. The molecule has 8 heteroatoms. The van der Waals surface area contributed by atoms with E-state index in [0.717, 1.165) is 0 Å². The Hall–Kier alpha value is -1.46. The van der Waals surface area contributed by atoms with Gasteiger partial charge in [-0.1, -0.05) is 46.4 Å². The summed E-state index contributed by atoms with van der Waals surface area (Å²) in [6, 6.07) is 8.60. The van der Waals surface area contributed by atoms with Crippen molar-refractivity contribution in [2.45, 2.75) is 0 Å². The monoisotopic (exact) mass is 392 g/mol. The molecular weight excluding hydrogens is 386 g/mol. The van der Waals surface area contributed by atoms with Gasteiger partial charge in [-0.25, -0.2) is 9.59 Å². The fraction of sp³-hybridized carbons (Fsp3) is 0.0667. The Balaban J connectivity index is 1.94. The Morgan fingerprint density at radius 1 is 0.739 bits per heavy atom. The van der Waals surface area contributed by atoms with Gasteiger partial charge in [-0.3, -0.25) is 0 Å². The van der Waals surface area contributed by atoms with Crippen molar-refractivity contribution in [2.24, 2.45) is 0 Å². The topological polar surface area (TPSA) is 52.6 Å². The number of hydrogen-bond acceptors (Lipinski definition) is 4. The van der Waals surface area contributed by atoms with Crippen molar-refractivity contribution in [3.05, 3.63) is 67.6 Å². The van der Waals surface area contributed by atoms with Crippen LogP contribution in [0, 0.1) is 0 Å². The first-order valence-electron chi connectivity index (χ1n) is 6.13. The summed E-state index contributed by atoms with van der Waals surface area (Å²) >= 11 is 23.2. The van der Waals surface area contributed by atoms with E-state index in [1.54, 1.807) is 0 Å². The zero-order chi connectivity index (χ0) is 17.0. The van der Waals surface area contributed by atoms with Crippen LogP contribution in [0.15, 0.2) is 36.4 Å². The van der Waals surface area contributed by atoms with Gasteiger partial charge < -0.3 is 9.47 Å². The van der Waals surface area contributed by atoms with Crippen LogP contribution < -0.4 is 0 Å². The van der Waals surface area contributed by atoms with Gasteiger partial charge in [-0.15, -0.1) is 0 Å². The number of benzene rings is 2. The SMILES string of the molecule is O=C(OCOC(=O)c1ccc(Cl)cc1Cl)c1ccc(Cl)cc1Cl. The van der Waals surface area contributed by atoms with Crippen molar-refractivity contribution >= 4 is 58.3 Å². The summed E-state index contributed by atoms with van der Waals surface area (Å²) in [7, 11) is 0. The van der Waals surface area contributed by atoms with Gasteiger partial charge >= 0.3 is 11.9 Å². The van der Waals surface area contributed by atoms with Crippen molar-refractivity contribution in [3.63, 3.8) is 0 Å². The van der Waals surface area contributed by atoms with Crippen LogP contribution in [0.25, 0.3) is 0 Å². The molecule has 0 saturated carbocycles. The van der Waals surface area contributed by atoms with E-state index >= 15 is 0 Å². The molecule has 0 spiro atoms. The lowest BCUT2D eigenvalue weighted by atomic mass is 10.2. The molecule has 0 aliphatic carbocycles. The highest BCUT2D eigenvalue weighted by Gasteiger charge is 2.15. The minimum Gasteiger partial charge on any atom is -0.424 e. The summed E-state index contributed by atoms with van der Waals surface area (Å²) in [5.41, 5.74) is 0.216. The maximum absolute atomic E-state index is 11.8. The summed E-state index contributed by atoms with van der Waals surface area (Å²) in [6.07, 6.45) is 0. The molecule has 0 fully saturated rings. The predicted molar refractivity (Wildman–Crippen MR) is 88.6 cm³/mol. The van der Waals surface area contributed by atoms with E-state index < -0.39 is 18.7 Å². The van der Waals surface area contributed by atoms with E-state index in [4.69, 9.17) is 55.9 Å². The summed E-state index contributed by atoms with van der Waals surface area (Å²) in [5.74, 6) is -1.50. The lowest BCUT2D eigenvalue weighted by Gasteiger charge is -2.08. The Kier molecular flexibility index (Phi) is 6.13. The first kappa shape index (κ1) is 17.9. The van der Waals surface area contributed by atoms with Crippen LogP contribution in [0.3, 0.4) is 0 Å². The number of carbonyl (C=O) groups is 2.